The Morgan fingerprint density at radius 1 is 1.05 bits per heavy atom. The summed E-state index contributed by atoms with van der Waals surface area (Å²) in [5.41, 5.74) is 1.82. The van der Waals surface area contributed by atoms with Gasteiger partial charge < -0.3 is 9.22 Å². The predicted molar refractivity (Wildman–Crippen MR) is 87.7 cm³/mol. The van der Waals surface area contributed by atoms with Gasteiger partial charge in [-0.15, -0.1) is 0 Å². The molecule has 1 aromatic rings. The van der Waals surface area contributed by atoms with Crippen LogP contribution >= 0.6 is 0 Å². The third-order valence-corrected chi connectivity index (χ3v) is 10.1. The highest BCUT2D eigenvalue weighted by Crippen LogP contribution is 2.34. The van der Waals surface area contributed by atoms with Crippen molar-refractivity contribution in [2.45, 2.75) is 58.0 Å². The van der Waals surface area contributed by atoms with Gasteiger partial charge in [-0.2, -0.15) is 0 Å². The van der Waals surface area contributed by atoms with E-state index in [1.807, 2.05) is 0 Å². The molecule has 108 valence electrons. The summed E-state index contributed by atoms with van der Waals surface area (Å²) in [6.45, 7) is 13.7. The number of phenolic OH excluding ortho intramolecular Hbond substituents is 1. The van der Waals surface area contributed by atoms with E-state index >= 15 is 0 Å². The molecule has 0 aromatic heterocycles. The van der Waals surface area contributed by atoms with Gasteiger partial charge in [0.05, 0.1) is 0 Å². The van der Waals surface area contributed by atoms with Crippen LogP contribution in [-0.4, -0.2) is 21.7 Å². The summed E-state index contributed by atoms with van der Waals surface area (Å²) in [5, 5.41) is 9.44. The van der Waals surface area contributed by atoms with Gasteiger partial charge >= 0.3 is 0 Å². The van der Waals surface area contributed by atoms with Crippen LogP contribution in [-0.2, 0) is 4.12 Å². The molecule has 0 aliphatic rings. The van der Waals surface area contributed by atoms with Crippen LogP contribution in [0.15, 0.2) is 24.3 Å². The summed E-state index contributed by atoms with van der Waals surface area (Å²) in [6.07, 6.45) is 2.32. The molecule has 0 aliphatic carbocycles. The zero-order chi connectivity index (χ0) is 14.7. The highest BCUT2D eigenvalue weighted by atomic mass is 28.4. The van der Waals surface area contributed by atoms with Gasteiger partial charge in [-0.3, -0.25) is 0 Å². The smallest absolute Gasteiger partial charge is 0.180 e. The van der Waals surface area contributed by atoms with Gasteiger partial charge in [0.2, 0.25) is 0 Å². The molecule has 0 spiro atoms. The van der Waals surface area contributed by atoms with Gasteiger partial charge in [-0.1, -0.05) is 25.5 Å². The first-order chi connectivity index (χ1) is 8.65. The molecule has 4 heteroatoms. The van der Waals surface area contributed by atoms with Crippen molar-refractivity contribution in [2.24, 2.45) is 0 Å². The lowest BCUT2D eigenvalue weighted by atomic mass is 10.1. The molecule has 1 N–H and O–H groups in total. The van der Waals surface area contributed by atoms with E-state index in [2.05, 4.69) is 51.8 Å². The molecular weight excluding hydrogens is 268 g/mol. The number of benzene rings is 1. The van der Waals surface area contributed by atoms with Crippen LogP contribution < -0.4 is 0 Å². The average molecular weight is 297 g/mol. The molecule has 0 saturated heterocycles. The van der Waals surface area contributed by atoms with Crippen molar-refractivity contribution >= 4 is 16.6 Å². The largest absolute Gasteiger partial charge is 0.508 e. The van der Waals surface area contributed by atoms with Crippen molar-refractivity contribution in [3.63, 3.8) is 0 Å². The van der Waals surface area contributed by atoms with Crippen molar-refractivity contribution in [2.75, 3.05) is 0 Å². The second-order valence-corrected chi connectivity index (χ2v) is 15.7. The Morgan fingerprint density at radius 2 is 1.58 bits per heavy atom. The van der Waals surface area contributed by atoms with Crippen LogP contribution in [0.1, 0.15) is 30.9 Å². The normalized spacial score (nSPS) is 14.4. The fourth-order valence-electron chi connectivity index (χ4n) is 2.77. The third kappa shape index (κ3) is 5.12. The van der Waals surface area contributed by atoms with Gasteiger partial charge in [-0.25, -0.2) is 0 Å². The molecule has 0 aliphatic heterocycles. The van der Waals surface area contributed by atoms with E-state index in [-0.39, 0.29) is 0 Å². The van der Waals surface area contributed by atoms with Gasteiger partial charge in [0.1, 0.15) is 5.75 Å². The number of hydrogen-bond donors (Lipinski definition) is 1. The SMILES string of the molecule is CCCC(c1ccc(O)cc1)[Si](C)(C)O[Si](C)(C)C. The molecule has 0 amide bonds. The van der Waals surface area contributed by atoms with Crippen molar-refractivity contribution in [1.82, 2.24) is 0 Å². The van der Waals surface area contributed by atoms with E-state index in [4.69, 9.17) is 4.12 Å². The Bertz CT molecular complexity index is 394. The second-order valence-electron chi connectivity index (χ2n) is 6.75. The molecule has 0 radical (unpaired) electrons. The minimum Gasteiger partial charge on any atom is -0.508 e. The van der Waals surface area contributed by atoms with E-state index in [1.165, 1.54) is 5.56 Å². The van der Waals surface area contributed by atoms with E-state index < -0.39 is 16.6 Å². The zero-order valence-corrected chi connectivity index (χ0v) is 15.2. The molecule has 1 unspecified atom stereocenters. The summed E-state index contributed by atoms with van der Waals surface area (Å²) in [4.78, 5) is 0. The topological polar surface area (TPSA) is 29.5 Å². The molecule has 1 aromatic carbocycles. The maximum absolute atomic E-state index is 9.44. The summed E-state index contributed by atoms with van der Waals surface area (Å²) in [7, 11) is -3.28. The fourth-order valence-corrected chi connectivity index (χ4v) is 11.6. The number of phenols is 1. The summed E-state index contributed by atoms with van der Waals surface area (Å²) in [6, 6.07) is 7.68. The number of hydrogen-bond acceptors (Lipinski definition) is 2. The maximum Gasteiger partial charge on any atom is 0.180 e. The standard InChI is InChI=1S/C15H28O2Si2/c1-7-8-15(13-9-11-14(16)12-10-13)19(5,6)17-18(2,3)4/h9-12,15-16H,7-8H2,1-6H3. The molecule has 1 atom stereocenters. The Balaban J connectivity index is 3.02. The van der Waals surface area contributed by atoms with Crippen LogP contribution in [0.2, 0.25) is 32.7 Å². The van der Waals surface area contributed by atoms with Crippen LogP contribution in [0.25, 0.3) is 0 Å². The first kappa shape index (κ1) is 16.5. The van der Waals surface area contributed by atoms with Gasteiger partial charge in [0.15, 0.2) is 16.6 Å². The van der Waals surface area contributed by atoms with E-state index in [1.54, 1.807) is 12.1 Å². The lowest BCUT2D eigenvalue weighted by Crippen LogP contribution is -2.47. The summed E-state index contributed by atoms with van der Waals surface area (Å²) in [5.74, 6) is 0.338. The van der Waals surface area contributed by atoms with Crippen LogP contribution in [0.4, 0.5) is 0 Å². The molecule has 2 nitrogen and oxygen atoms in total. The number of rotatable bonds is 6. The molecule has 1 rings (SSSR count). The Kier molecular flexibility index (Phi) is 5.41. The average Bonchev–Trinajstić information content (AvgIpc) is 2.24. The molecular formula is C15H28O2Si2. The maximum atomic E-state index is 9.44. The zero-order valence-electron chi connectivity index (χ0n) is 13.2. The first-order valence-corrected chi connectivity index (χ1v) is 13.5. The monoisotopic (exact) mass is 296 g/mol. The lowest BCUT2D eigenvalue weighted by Gasteiger charge is -2.38. The van der Waals surface area contributed by atoms with Gasteiger partial charge in [-0.05, 0) is 56.9 Å². The Morgan fingerprint density at radius 3 is 2.00 bits per heavy atom. The lowest BCUT2D eigenvalue weighted by molar-refractivity contribution is 0.474. The molecule has 19 heavy (non-hydrogen) atoms. The fraction of sp³-hybridized carbons (Fsp3) is 0.600. The van der Waals surface area contributed by atoms with Gasteiger partial charge in [0, 0.05) is 5.54 Å². The van der Waals surface area contributed by atoms with Crippen LogP contribution in [0, 0.1) is 0 Å². The van der Waals surface area contributed by atoms with Crippen molar-refractivity contribution in [3.8, 4) is 5.75 Å². The quantitative estimate of drug-likeness (QED) is 0.759. The minimum absolute atomic E-state index is 0.338. The van der Waals surface area contributed by atoms with Gasteiger partial charge in [0.25, 0.3) is 0 Å². The van der Waals surface area contributed by atoms with E-state index in [9.17, 15) is 5.11 Å². The molecule has 0 bridgehead atoms. The predicted octanol–water partition coefficient (Wildman–Crippen LogP) is 4.87. The number of aromatic hydroxyl groups is 1. The highest BCUT2D eigenvalue weighted by molar-refractivity contribution is 6.84. The van der Waals surface area contributed by atoms with E-state index in [0.717, 1.165) is 12.8 Å². The van der Waals surface area contributed by atoms with Crippen molar-refractivity contribution < 1.29 is 9.22 Å². The Labute approximate surface area is 120 Å². The van der Waals surface area contributed by atoms with Crippen molar-refractivity contribution in [1.29, 1.82) is 0 Å². The van der Waals surface area contributed by atoms with Crippen LogP contribution in [0.3, 0.4) is 0 Å². The highest BCUT2D eigenvalue weighted by Gasteiger charge is 2.37. The first-order valence-electron chi connectivity index (χ1n) is 7.15. The summed E-state index contributed by atoms with van der Waals surface area (Å²) < 4.78 is 6.54. The molecule has 0 heterocycles. The molecule has 0 fully saturated rings. The van der Waals surface area contributed by atoms with E-state index in [0.29, 0.717) is 11.3 Å². The Hall–Kier alpha value is -0.586. The summed E-state index contributed by atoms with van der Waals surface area (Å²) >= 11 is 0. The third-order valence-electron chi connectivity index (χ3n) is 3.28. The van der Waals surface area contributed by atoms with Crippen LogP contribution in [0.5, 0.6) is 5.75 Å². The molecule has 0 saturated carbocycles. The minimum atomic E-state index is -1.77. The van der Waals surface area contributed by atoms with Crippen molar-refractivity contribution in [3.05, 3.63) is 29.8 Å². The second kappa shape index (κ2) is 6.24.